The molecule has 3 N–H and O–H groups in total. The first-order valence-corrected chi connectivity index (χ1v) is 7.97. The number of carbonyl (C=O) groups excluding carboxylic acids is 1. The van der Waals surface area contributed by atoms with Crippen molar-refractivity contribution in [2.45, 2.75) is 6.04 Å². The Kier molecular flexibility index (Phi) is 3.57. The number of nitrogens with zero attached hydrogens (tertiary/aromatic N) is 3. The molecule has 1 amide bonds. The number of aromatic nitrogens is 3. The molecule has 3 aromatic rings. The standard InChI is InChI=1S/C19H17N5O/c1-12-15(17(20)25)16(13-8-4-2-5-9-13)24-19(21-12)22-18(23-24)14-10-6-3-7-11-14/h2-11,15-16H,1H2,(H2,20,25)(H,21,22,23). The van der Waals surface area contributed by atoms with Gasteiger partial charge in [0.1, 0.15) is 5.92 Å². The quantitative estimate of drug-likeness (QED) is 0.772. The lowest BCUT2D eigenvalue weighted by Gasteiger charge is -2.32. The Bertz CT molecular complexity index is 933. The number of rotatable bonds is 3. The molecule has 2 heterocycles. The first-order valence-electron chi connectivity index (χ1n) is 7.97. The number of carbonyl (C=O) groups is 1. The molecule has 6 heteroatoms. The lowest BCUT2D eigenvalue weighted by molar-refractivity contribution is -0.121. The molecular weight excluding hydrogens is 314 g/mol. The van der Waals surface area contributed by atoms with Crippen molar-refractivity contribution in [2.75, 3.05) is 5.32 Å². The maximum atomic E-state index is 12.1. The van der Waals surface area contributed by atoms with E-state index in [4.69, 9.17) is 5.73 Å². The van der Waals surface area contributed by atoms with Gasteiger partial charge < -0.3 is 11.1 Å². The van der Waals surface area contributed by atoms with Crippen molar-refractivity contribution in [1.82, 2.24) is 14.8 Å². The van der Waals surface area contributed by atoms with Gasteiger partial charge >= 0.3 is 0 Å². The van der Waals surface area contributed by atoms with E-state index in [2.05, 4.69) is 22.0 Å². The Morgan fingerprint density at radius 3 is 2.36 bits per heavy atom. The van der Waals surface area contributed by atoms with Crippen molar-refractivity contribution in [3.05, 3.63) is 78.5 Å². The summed E-state index contributed by atoms with van der Waals surface area (Å²) >= 11 is 0. The Morgan fingerprint density at radius 1 is 1.08 bits per heavy atom. The minimum Gasteiger partial charge on any atom is -0.369 e. The fourth-order valence-corrected chi connectivity index (χ4v) is 3.18. The van der Waals surface area contributed by atoms with Crippen LogP contribution in [0.25, 0.3) is 11.4 Å². The van der Waals surface area contributed by atoms with Gasteiger partial charge in [-0.25, -0.2) is 4.68 Å². The van der Waals surface area contributed by atoms with Gasteiger partial charge in [0.15, 0.2) is 5.82 Å². The van der Waals surface area contributed by atoms with E-state index >= 15 is 0 Å². The smallest absolute Gasteiger partial charge is 0.229 e. The van der Waals surface area contributed by atoms with E-state index in [0.717, 1.165) is 11.1 Å². The minimum absolute atomic E-state index is 0.382. The van der Waals surface area contributed by atoms with E-state index in [1.807, 2.05) is 60.7 Å². The Labute approximate surface area is 145 Å². The summed E-state index contributed by atoms with van der Waals surface area (Å²) in [4.78, 5) is 16.7. The molecule has 0 saturated heterocycles. The molecule has 0 aliphatic carbocycles. The summed E-state index contributed by atoms with van der Waals surface area (Å²) in [5.41, 5.74) is 8.02. The van der Waals surface area contributed by atoms with Gasteiger partial charge in [0.25, 0.3) is 0 Å². The molecule has 1 aliphatic rings. The lowest BCUT2D eigenvalue weighted by atomic mass is 9.89. The maximum Gasteiger partial charge on any atom is 0.229 e. The number of hydrogen-bond donors (Lipinski definition) is 2. The Hall–Kier alpha value is -3.41. The molecule has 2 atom stereocenters. The van der Waals surface area contributed by atoms with Crippen molar-refractivity contribution in [3.8, 4) is 11.4 Å². The summed E-state index contributed by atoms with van der Waals surface area (Å²) in [6.07, 6.45) is 0. The van der Waals surface area contributed by atoms with Gasteiger partial charge in [0.05, 0.1) is 6.04 Å². The number of benzene rings is 2. The van der Waals surface area contributed by atoms with Crippen LogP contribution in [0.5, 0.6) is 0 Å². The topological polar surface area (TPSA) is 85.8 Å². The molecule has 1 aliphatic heterocycles. The van der Waals surface area contributed by atoms with E-state index < -0.39 is 11.8 Å². The van der Waals surface area contributed by atoms with Gasteiger partial charge in [-0.1, -0.05) is 67.2 Å². The van der Waals surface area contributed by atoms with Crippen LogP contribution < -0.4 is 11.1 Å². The second-order valence-electron chi connectivity index (χ2n) is 5.96. The first kappa shape index (κ1) is 15.1. The van der Waals surface area contributed by atoms with E-state index in [1.54, 1.807) is 4.68 Å². The molecule has 4 rings (SSSR count). The van der Waals surface area contributed by atoms with Gasteiger partial charge in [0, 0.05) is 11.3 Å². The molecule has 0 saturated carbocycles. The predicted molar refractivity (Wildman–Crippen MR) is 95.5 cm³/mol. The maximum absolute atomic E-state index is 12.1. The molecule has 124 valence electrons. The van der Waals surface area contributed by atoms with Crippen LogP contribution in [-0.2, 0) is 4.79 Å². The van der Waals surface area contributed by atoms with Crippen LogP contribution in [0, 0.1) is 5.92 Å². The van der Waals surface area contributed by atoms with Gasteiger partial charge in [0.2, 0.25) is 11.9 Å². The van der Waals surface area contributed by atoms with Crippen molar-refractivity contribution in [1.29, 1.82) is 0 Å². The SMILES string of the molecule is C=C1Nc2nc(-c3ccccc3)nn2C(c2ccccc2)C1C(N)=O. The third-order valence-electron chi connectivity index (χ3n) is 4.34. The van der Waals surface area contributed by atoms with Gasteiger partial charge in [-0.05, 0) is 5.56 Å². The molecule has 0 bridgehead atoms. The molecule has 6 nitrogen and oxygen atoms in total. The van der Waals surface area contributed by atoms with E-state index in [0.29, 0.717) is 17.5 Å². The predicted octanol–water partition coefficient (Wildman–Crippen LogP) is 2.58. The van der Waals surface area contributed by atoms with E-state index in [-0.39, 0.29) is 6.04 Å². The molecule has 0 spiro atoms. The highest BCUT2D eigenvalue weighted by Crippen LogP contribution is 2.38. The summed E-state index contributed by atoms with van der Waals surface area (Å²) in [6, 6.07) is 19.0. The van der Waals surface area contributed by atoms with Gasteiger partial charge in [-0.15, -0.1) is 5.10 Å². The van der Waals surface area contributed by atoms with Crippen molar-refractivity contribution in [2.24, 2.45) is 11.7 Å². The van der Waals surface area contributed by atoms with Crippen molar-refractivity contribution < 1.29 is 4.79 Å². The average molecular weight is 331 g/mol. The normalized spacial score (nSPS) is 19.1. The first-order chi connectivity index (χ1) is 12.1. The number of hydrogen-bond acceptors (Lipinski definition) is 4. The summed E-state index contributed by atoms with van der Waals surface area (Å²) in [6.45, 7) is 3.98. The highest BCUT2D eigenvalue weighted by Gasteiger charge is 2.39. The van der Waals surface area contributed by atoms with Crippen LogP contribution in [0.1, 0.15) is 11.6 Å². The third-order valence-corrected chi connectivity index (χ3v) is 4.34. The highest BCUT2D eigenvalue weighted by molar-refractivity contribution is 5.82. The second kappa shape index (κ2) is 5.90. The molecular formula is C19H17N5O. The average Bonchev–Trinajstić information content (AvgIpc) is 3.05. The number of nitrogens with two attached hydrogens (primary N) is 1. The van der Waals surface area contributed by atoms with Crippen LogP contribution in [0.3, 0.4) is 0 Å². The summed E-state index contributed by atoms with van der Waals surface area (Å²) in [5.74, 6) is 0.0751. The largest absolute Gasteiger partial charge is 0.369 e. The zero-order valence-corrected chi connectivity index (χ0v) is 13.5. The number of anilines is 1. The van der Waals surface area contributed by atoms with Crippen LogP contribution in [-0.4, -0.2) is 20.7 Å². The fourth-order valence-electron chi connectivity index (χ4n) is 3.18. The fraction of sp³-hybridized carbons (Fsp3) is 0.105. The number of nitrogens with one attached hydrogen (secondary N) is 1. The summed E-state index contributed by atoms with van der Waals surface area (Å²) < 4.78 is 1.72. The molecule has 0 fully saturated rings. The zero-order chi connectivity index (χ0) is 17.4. The van der Waals surface area contributed by atoms with E-state index in [1.165, 1.54) is 0 Å². The Balaban J connectivity index is 1.88. The number of primary amides is 1. The second-order valence-corrected chi connectivity index (χ2v) is 5.96. The van der Waals surface area contributed by atoms with Gasteiger partial charge in [-0.2, -0.15) is 4.98 Å². The molecule has 0 radical (unpaired) electrons. The molecule has 1 aromatic heterocycles. The number of fused-ring (bicyclic) bond motifs is 1. The Morgan fingerprint density at radius 2 is 1.72 bits per heavy atom. The highest BCUT2D eigenvalue weighted by atomic mass is 16.1. The molecule has 2 aromatic carbocycles. The monoisotopic (exact) mass is 331 g/mol. The van der Waals surface area contributed by atoms with Crippen molar-refractivity contribution in [3.63, 3.8) is 0 Å². The van der Waals surface area contributed by atoms with Crippen LogP contribution in [0.4, 0.5) is 5.95 Å². The minimum atomic E-state index is -0.611. The lowest BCUT2D eigenvalue weighted by Crippen LogP contribution is -2.40. The summed E-state index contributed by atoms with van der Waals surface area (Å²) in [7, 11) is 0. The summed E-state index contributed by atoms with van der Waals surface area (Å²) in [5, 5.41) is 7.72. The molecule has 25 heavy (non-hydrogen) atoms. The molecule has 2 unspecified atom stereocenters. The van der Waals surface area contributed by atoms with Crippen LogP contribution in [0.2, 0.25) is 0 Å². The van der Waals surface area contributed by atoms with Gasteiger partial charge in [-0.3, -0.25) is 4.79 Å². The van der Waals surface area contributed by atoms with Crippen molar-refractivity contribution >= 4 is 11.9 Å². The van der Waals surface area contributed by atoms with Crippen LogP contribution >= 0.6 is 0 Å². The van der Waals surface area contributed by atoms with Crippen LogP contribution in [0.15, 0.2) is 72.9 Å². The van der Waals surface area contributed by atoms with E-state index in [9.17, 15) is 4.79 Å². The number of amides is 1. The zero-order valence-electron chi connectivity index (χ0n) is 13.5. The third kappa shape index (κ3) is 2.57.